The number of hydrogen-bond donors (Lipinski definition) is 2. The SMILES string of the molecule is CN=C(NCCc1ccncc1C)NCc1cc(C)ccc1OC(F)F. The van der Waals surface area contributed by atoms with Gasteiger partial charge < -0.3 is 15.4 Å². The number of aromatic nitrogens is 1. The van der Waals surface area contributed by atoms with Crippen molar-refractivity contribution in [2.75, 3.05) is 13.6 Å². The van der Waals surface area contributed by atoms with Gasteiger partial charge in [0.05, 0.1) is 0 Å². The standard InChI is InChI=1S/C19H24F2N4O/c1-13-4-5-17(26-18(20)21)16(10-13)12-25-19(22-3)24-9-7-15-6-8-23-11-14(15)2/h4-6,8,10-11,18H,7,9,12H2,1-3H3,(H2,22,24,25). The van der Waals surface area contributed by atoms with Crippen LogP contribution in [0.5, 0.6) is 5.75 Å². The minimum Gasteiger partial charge on any atom is -0.434 e. The summed E-state index contributed by atoms with van der Waals surface area (Å²) in [5, 5.41) is 6.35. The van der Waals surface area contributed by atoms with Crippen LogP contribution in [0.1, 0.15) is 22.3 Å². The number of aryl methyl sites for hydroxylation is 2. The molecule has 0 spiro atoms. The molecule has 140 valence electrons. The largest absolute Gasteiger partial charge is 0.434 e. The van der Waals surface area contributed by atoms with Crippen LogP contribution in [0.3, 0.4) is 0 Å². The number of nitrogens with one attached hydrogen (secondary N) is 2. The summed E-state index contributed by atoms with van der Waals surface area (Å²) in [6.07, 6.45) is 4.45. The highest BCUT2D eigenvalue weighted by atomic mass is 19.3. The van der Waals surface area contributed by atoms with Crippen molar-refractivity contribution in [2.24, 2.45) is 4.99 Å². The van der Waals surface area contributed by atoms with Crippen LogP contribution in [-0.4, -0.2) is 31.1 Å². The molecule has 1 aromatic carbocycles. The van der Waals surface area contributed by atoms with Gasteiger partial charge in [-0.3, -0.25) is 9.98 Å². The minimum absolute atomic E-state index is 0.168. The summed E-state index contributed by atoms with van der Waals surface area (Å²) in [7, 11) is 1.67. The molecule has 0 radical (unpaired) electrons. The summed E-state index contributed by atoms with van der Waals surface area (Å²) in [5.41, 5.74) is 3.98. The number of halogens is 2. The van der Waals surface area contributed by atoms with Crippen LogP contribution in [0.25, 0.3) is 0 Å². The molecule has 0 aliphatic carbocycles. The van der Waals surface area contributed by atoms with Gasteiger partial charge >= 0.3 is 6.61 Å². The van der Waals surface area contributed by atoms with Gasteiger partial charge in [-0.2, -0.15) is 8.78 Å². The van der Waals surface area contributed by atoms with Crippen molar-refractivity contribution >= 4 is 5.96 Å². The zero-order valence-electron chi connectivity index (χ0n) is 15.2. The van der Waals surface area contributed by atoms with Gasteiger partial charge in [0, 0.05) is 38.1 Å². The molecule has 0 bridgehead atoms. The molecule has 0 aliphatic rings. The topological polar surface area (TPSA) is 58.5 Å². The Labute approximate surface area is 152 Å². The molecule has 0 amide bonds. The summed E-state index contributed by atoms with van der Waals surface area (Å²) in [4.78, 5) is 8.24. The molecule has 2 N–H and O–H groups in total. The van der Waals surface area contributed by atoms with Gasteiger partial charge in [0.15, 0.2) is 5.96 Å². The van der Waals surface area contributed by atoms with E-state index in [1.165, 1.54) is 5.56 Å². The van der Waals surface area contributed by atoms with E-state index in [-0.39, 0.29) is 5.75 Å². The number of aliphatic imine (C=N–C) groups is 1. The molecule has 1 aromatic heterocycles. The Bertz CT molecular complexity index is 750. The van der Waals surface area contributed by atoms with E-state index in [2.05, 4.69) is 25.3 Å². The molecule has 7 heteroatoms. The molecule has 0 saturated carbocycles. The van der Waals surface area contributed by atoms with Gasteiger partial charge in [-0.1, -0.05) is 17.7 Å². The van der Waals surface area contributed by atoms with E-state index in [0.29, 0.717) is 24.6 Å². The molecule has 0 fully saturated rings. The third-order valence-corrected chi connectivity index (χ3v) is 3.93. The van der Waals surface area contributed by atoms with E-state index in [1.807, 2.05) is 32.2 Å². The highest BCUT2D eigenvalue weighted by Crippen LogP contribution is 2.21. The highest BCUT2D eigenvalue weighted by Gasteiger charge is 2.10. The predicted octanol–water partition coefficient (Wildman–Crippen LogP) is 3.21. The van der Waals surface area contributed by atoms with E-state index in [4.69, 9.17) is 0 Å². The number of nitrogens with zero attached hydrogens (tertiary/aromatic N) is 2. The van der Waals surface area contributed by atoms with E-state index < -0.39 is 6.61 Å². The molecule has 1 heterocycles. The van der Waals surface area contributed by atoms with Gasteiger partial charge in [-0.15, -0.1) is 0 Å². The molecule has 0 atom stereocenters. The zero-order valence-corrected chi connectivity index (χ0v) is 15.2. The van der Waals surface area contributed by atoms with E-state index in [1.54, 1.807) is 25.4 Å². The van der Waals surface area contributed by atoms with E-state index in [9.17, 15) is 8.78 Å². The van der Waals surface area contributed by atoms with Crippen molar-refractivity contribution in [1.29, 1.82) is 0 Å². The second kappa shape index (κ2) is 9.70. The van der Waals surface area contributed by atoms with Crippen LogP contribution in [0.15, 0.2) is 41.7 Å². The lowest BCUT2D eigenvalue weighted by molar-refractivity contribution is -0.0504. The number of ether oxygens (including phenoxy) is 1. The predicted molar refractivity (Wildman–Crippen MR) is 98.7 cm³/mol. The van der Waals surface area contributed by atoms with Gasteiger partial charge in [-0.25, -0.2) is 0 Å². The lowest BCUT2D eigenvalue weighted by atomic mass is 10.1. The lowest BCUT2D eigenvalue weighted by Crippen LogP contribution is -2.38. The van der Waals surface area contributed by atoms with Gasteiger partial charge in [-0.05, 0) is 43.5 Å². The highest BCUT2D eigenvalue weighted by molar-refractivity contribution is 5.79. The fourth-order valence-electron chi connectivity index (χ4n) is 2.56. The molecule has 0 aliphatic heterocycles. The molecule has 0 unspecified atom stereocenters. The Morgan fingerprint density at radius 1 is 1.19 bits per heavy atom. The number of alkyl halides is 2. The zero-order chi connectivity index (χ0) is 18.9. The van der Waals surface area contributed by atoms with E-state index >= 15 is 0 Å². The van der Waals surface area contributed by atoms with Crippen LogP contribution in [0, 0.1) is 13.8 Å². The monoisotopic (exact) mass is 362 g/mol. The number of pyridine rings is 1. The van der Waals surface area contributed by atoms with Crippen molar-refractivity contribution in [1.82, 2.24) is 15.6 Å². The molecular weight excluding hydrogens is 338 g/mol. The van der Waals surface area contributed by atoms with E-state index in [0.717, 1.165) is 17.5 Å². The molecule has 5 nitrogen and oxygen atoms in total. The van der Waals surface area contributed by atoms with Crippen LogP contribution in [0.2, 0.25) is 0 Å². The van der Waals surface area contributed by atoms with Crippen LogP contribution in [0.4, 0.5) is 8.78 Å². The third-order valence-electron chi connectivity index (χ3n) is 3.93. The van der Waals surface area contributed by atoms with Gasteiger partial charge in [0.25, 0.3) is 0 Å². The number of rotatable bonds is 7. The van der Waals surface area contributed by atoms with Gasteiger partial charge in [0.2, 0.25) is 0 Å². The summed E-state index contributed by atoms with van der Waals surface area (Å²) in [5.74, 6) is 0.766. The summed E-state index contributed by atoms with van der Waals surface area (Å²) >= 11 is 0. The fourth-order valence-corrected chi connectivity index (χ4v) is 2.56. The van der Waals surface area contributed by atoms with Crippen LogP contribution in [-0.2, 0) is 13.0 Å². The third kappa shape index (κ3) is 5.98. The van der Waals surface area contributed by atoms with Crippen molar-refractivity contribution in [2.45, 2.75) is 33.4 Å². The molecule has 2 rings (SSSR count). The van der Waals surface area contributed by atoms with Crippen molar-refractivity contribution in [3.05, 3.63) is 58.9 Å². The van der Waals surface area contributed by atoms with Crippen LogP contribution >= 0.6 is 0 Å². The summed E-state index contributed by atoms with van der Waals surface area (Å²) < 4.78 is 29.7. The second-order valence-corrected chi connectivity index (χ2v) is 5.89. The molecule has 26 heavy (non-hydrogen) atoms. The normalized spacial score (nSPS) is 11.5. The number of benzene rings is 1. The Morgan fingerprint density at radius 3 is 2.69 bits per heavy atom. The van der Waals surface area contributed by atoms with Crippen molar-refractivity contribution in [3.63, 3.8) is 0 Å². The smallest absolute Gasteiger partial charge is 0.387 e. The average molecular weight is 362 g/mol. The van der Waals surface area contributed by atoms with Crippen molar-refractivity contribution < 1.29 is 13.5 Å². The maximum atomic E-state index is 12.5. The van der Waals surface area contributed by atoms with Crippen LogP contribution < -0.4 is 15.4 Å². The maximum Gasteiger partial charge on any atom is 0.387 e. The Balaban J connectivity index is 1.91. The minimum atomic E-state index is -2.85. The Morgan fingerprint density at radius 2 is 2.00 bits per heavy atom. The van der Waals surface area contributed by atoms with Gasteiger partial charge in [0.1, 0.15) is 5.75 Å². The first-order valence-electron chi connectivity index (χ1n) is 8.38. The fraction of sp³-hybridized carbons (Fsp3) is 0.368. The quantitative estimate of drug-likeness (QED) is 0.587. The summed E-state index contributed by atoms with van der Waals surface area (Å²) in [6, 6.07) is 7.11. The lowest BCUT2D eigenvalue weighted by Gasteiger charge is -2.15. The number of hydrogen-bond acceptors (Lipinski definition) is 3. The average Bonchev–Trinajstić information content (AvgIpc) is 2.61. The first-order chi connectivity index (χ1) is 12.5. The Kier molecular flexibility index (Phi) is 7.32. The second-order valence-electron chi connectivity index (χ2n) is 5.89. The number of guanidine groups is 1. The molecule has 2 aromatic rings. The first kappa shape index (κ1) is 19.6. The summed E-state index contributed by atoms with van der Waals surface area (Å²) in [6.45, 7) is 2.10. The maximum absolute atomic E-state index is 12.5. The molecule has 0 saturated heterocycles. The van der Waals surface area contributed by atoms with Crippen molar-refractivity contribution in [3.8, 4) is 5.75 Å². The Hall–Kier alpha value is -2.70. The molecular formula is C19H24F2N4O. The first-order valence-corrected chi connectivity index (χ1v) is 8.38.